The molecular weight excluding hydrogens is 502 g/mol. The fourth-order valence-corrected chi connectivity index (χ4v) is 6.18. The summed E-state index contributed by atoms with van der Waals surface area (Å²) in [7, 11) is 0. The molecule has 202 valence electrons. The number of rotatable bonds is 5. The number of aromatic nitrogens is 1. The molecule has 2 amide bonds. The predicted octanol–water partition coefficient (Wildman–Crippen LogP) is 3.85. The van der Waals surface area contributed by atoms with Crippen LogP contribution in [-0.4, -0.2) is 46.9 Å². The van der Waals surface area contributed by atoms with Gasteiger partial charge < -0.3 is 20.3 Å². The lowest BCUT2D eigenvalue weighted by molar-refractivity contribution is -0.149. The van der Waals surface area contributed by atoms with E-state index < -0.39 is 28.1 Å². The maximum absolute atomic E-state index is 14.1. The largest absolute Gasteiger partial charge is 0.492 e. The van der Waals surface area contributed by atoms with Crippen LogP contribution in [0.4, 0.5) is 14.6 Å². The van der Waals surface area contributed by atoms with E-state index in [9.17, 15) is 18.4 Å². The maximum atomic E-state index is 14.1. The van der Waals surface area contributed by atoms with E-state index in [0.29, 0.717) is 36.5 Å². The van der Waals surface area contributed by atoms with Crippen molar-refractivity contribution in [3.05, 3.63) is 88.6 Å². The quantitative estimate of drug-likeness (QED) is 0.522. The average Bonchev–Trinajstić information content (AvgIpc) is 3.40. The Balaban J connectivity index is 1.20. The maximum Gasteiger partial charge on any atom is 0.243 e. The Kier molecular flexibility index (Phi) is 5.77. The van der Waals surface area contributed by atoms with Crippen LogP contribution in [0.25, 0.3) is 0 Å². The Morgan fingerprint density at radius 2 is 1.74 bits per heavy atom. The molecule has 0 unspecified atom stereocenters. The highest BCUT2D eigenvalue weighted by atomic mass is 19.1. The van der Waals surface area contributed by atoms with Gasteiger partial charge in [-0.05, 0) is 80.6 Å². The van der Waals surface area contributed by atoms with Crippen molar-refractivity contribution in [3.63, 3.8) is 0 Å². The van der Waals surface area contributed by atoms with Crippen LogP contribution in [0.15, 0.2) is 54.7 Å². The normalized spacial score (nSPS) is 25.0. The van der Waals surface area contributed by atoms with Crippen molar-refractivity contribution in [2.45, 2.75) is 50.1 Å². The number of amides is 2. The molecule has 6 rings (SSSR count). The first kappa shape index (κ1) is 25.4. The fraction of sp³-hybridized carbons (Fsp3) is 0.367. The molecule has 3 heterocycles. The molecule has 1 fully saturated rings. The highest BCUT2D eigenvalue weighted by molar-refractivity contribution is 6.06. The van der Waals surface area contributed by atoms with Crippen LogP contribution >= 0.6 is 0 Å². The molecule has 39 heavy (non-hydrogen) atoms. The number of hydrogen-bond acceptors (Lipinski definition) is 5. The van der Waals surface area contributed by atoms with Gasteiger partial charge in [-0.3, -0.25) is 9.59 Å². The Hall–Kier alpha value is -3.85. The van der Waals surface area contributed by atoms with Gasteiger partial charge in [-0.1, -0.05) is 12.1 Å². The molecule has 2 aromatic carbocycles. The van der Waals surface area contributed by atoms with Crippen molar-refractivity contribution in [2.24, 2.45) is 0 Å². The summed E-state index contributed by atoms with van der Waals surface area (Å²) in [6.07, 6.45) is 2.82. The Bertz CT molecular complexity index is 1490. The van der Waals surface area contributed by atoms with E-state index in [4.69, 9.17) is 4.74 Å². The number of benzene rings is 2. The number of fused-ring (bicyclic) bond motifs is 3. The number of hydrogen-bond donors (Lipinski definition) is 2. The zero-order chi connectivity index (χ0) is 27.6. The summed E-state index contributed by atoms with van der Waals surface area (Å²) in [5.74, 6) is -0.342. The van der Waals surface area contributed by atoms with Gasteiger partial charge in [-0.2, -0.15) is 0 Å². The Labute approximate surface area is 225 Å². The van der Waals surface area contributed by atoms with E-state index in [0.717, 1.165) is 22.8 Å². The van der Waals surface area contributed by atoms with Gasteiger partial charge in [0.05, 0.1) is 23.0 Å². The fourth-order valence-electron chi connectivity index (χ4n) is 6.18. The molecule has 3 aliphatic rings. The van der Waals surface area contributed by atoms with Gasteiger partial charge in [0, 0.05) is 24.4 Å². The second-order valence-corrected chi connectivity index (χ2v) is 11.4. The highest BCUT2D eigenvalue weighted by Gasteiger charge is 2.51. The molecule has 1 saturated heterocycles. The van der Waals surface area contributed by atoms with E-state index in [1.54, 1.807) is 31.9 Å². The highest BCUT2D eigenvalue weighted by Crippen LogP contribution is 2.47. The molecule has 3 aromatic rings. The standard InChI is InChI=1S/C30H30F2N4O3/c1-28(2)27(38)36(29(3,17-34-28)20-12-21(31)14-22(32)13-20)9-10-39-23-7-6-18-15-30(16-19(18)11-23)24-5-4-8-33-25(24)35-26(30)37/h4-8,11-14,34H,9-10,15-17H2,1-3H3,(H,33,35,37)/t29-,30+/m0/s1. The van der Waals surface area contributed by atoms with Crippen LogP contribution in [-0.2, 0) is 33.4 Å². The molecule has 1 aromatic heterocycles. The lowest BCUT2D eigenvalue weighted by atomic mass is 9.79. The topological polar surface area (TPSA) is 83.6 Å². The van der Waals surface area contributed by atoms with Gasteiger partial charge in [0.1, 0.15) is 29.8 Å². The minimum atomic E-state index is -0.972. The predicted molar refractivity (Wildman–Crippen MR) is 141 cm³/mol. The summed E-state index contributed by atoms with van der Waals surface area (Å²) in [4.78, 5) is 32.4. The van der Waals surface area contributed by atoms with E-state index in [2.05, 4.69) is 15.6 Å². The molecular formula is C30H30F2N4O3. The van der Waals surface area contributed by atoms with Crippen molar-refractivity contribution in [1.82, 2.24) is 15.2 Å². The SMILES string of the molecule is CC1(C)NC[C@@](C)(c2cc(F)cc(F)c2)N(CCOc2ccc3c(c2)C[C@@]2(C3)C(=O)Nc3ncccc32)C1=O. The minimum absolute atomic E-state index is 0.0391. The first-order valence-electron chi connectivity index (χ1n) is 13.1. The smallest absolute Gasteiger partial charge is 0.243 e. The van der Waals surface area contributed by atoms with Crippen molar-refractivity contribution >= 4 is 17.6 Å². The first-order valence-corrected chi connectivity index (χ1v) is 13.1. The molecule has 2 N–H and O–H groups in total. The Morgan fingerprint density at radius 1 is 1.00 bits per heavy atom. The van der Waals surface area contributed by atoms with Gasteiger partial charge in [0.2, 0.25) is 11.8 Å². The third-order valence-corrected chi connectivity index (χ3v) is 8.47. The summed E-state index contributed by atoms with van der Waals surface area (Å²) in [6, 6.07) is 13.0. The number of carbonyl (C=O) groups is 2. The second kappa shape index (κ2) is 8.84. The van der Waals surface area contributed by atoms with Crippen LogP contribution in [0, 0.1) is 11.6 Å². The Morgan fingerprint density at radius 3 is 2.51 bits per heavy atom. The van der Waals surface area contributed by atoms with Crippen LogP contribution in [0.3, 0.4) is 0 Å². The van der Waals surface area contributed by atoms with Crippen LogP contribution < -0.4 is 15.4 Å². The third-order valence-electron chi connectivity index (χ3n) is 8.47. The lowest BCUT2D eigenvalue weighted by Gasteiger charge is -2.50. The number of pyridine rings is 1. The number of nitrogens with one attached hydrogen (secondary N) is 2. The molecule has 7 nitrogen and oxygen atoms in total. The molecule has 2 atom stereocenters. The molecule has 0 bridgehead atoms. The number of halogens is 2. The van der Waals surface area contributed by atoms with Gasteiger partial charge in [0.25, 0.3) is 0 Å². The van der Waals surface area contributed by atoms with Crippen LogP contribution in [0.5, 0.6) is 5.75 Å². The number of anilines is 1. The number of carbonyl (C=O) groups excluding carboxylic acids is 2. The third kappa shape index (κ3) is 4.07. The monoisotopic (exact) mass is 532 g/mol. The van der Waals surface area contributed by atoms with E-state index in [-0.39, 0.29) is 25.0 Å². The zero-order valence-electron chi connectivity index (χ0n) is 22.1. The van der Waals surface area contributed by atoms with Crippen molar-refractivity contribution in [2.75, 3.05) is 25.0 Å². The zero-order valence-corrected chi connectivity index (χ0v) is 22.1. The van der Waals surface area contributed by atoms with Gasteiger partial charge in [0.15, 0.2) is 0 Å². The van der Waals surface area contributed by atoms with Crippen molar-refractivity contribution in [3.8, 4) is 5.75 Å². The molecule has 0 radical (unpaired) electrons. The molecule has 9 heteroatoms. The summed E-state index contributed by atoms with van der Waals surface area (Å²) in [5, 5.41) is 6.14. The first-order chi connectivity index (χ1) is 18.5. The van der Waals surface area contributed by atoms with Crippen LogP contribution in [0.2, 0.25) is 0 Å². The van der Waals surface area contributed by atoms with E-state index >= 15 is 0 Å². The second-order valence-electron chi connectivity index (χ2n) is 11.4. The number of nitrogens with zero attached hydrogens (tertiary/aromatic N) is 2. The molecule has 1 spiro atoms. The minimum Gasteiger partial charge on any atom is -0.492 e. The van der Waals surface area contributed by atoms with Crippen LogP contribution in [0.1, 0.15) is 43.0 Å². The number of ether oxygens (including phenoxy) is 1. The molecule has 1 aliphatic carbocycles. The molecule has 0 saturated carbocycles. The molecule has 2 aliphatic heterocycles. The lowest BCUT2D eigenvalue weighted by Crippen LogP contribution is -2.69. The summed E-state index contributed by atoms with van der Waals surface area (Å²) < 4.78 is 34.3. The van der Waals surface area contributed by atoms with Crippen molar-refractivity contribution in [1.29, 1.82) is 0 Å². The summed E-state index contributed by atoms with van der Waals surface area (Å²) >= 11 is 0. The van der Waals surface area contributed by atoms with Crippen molar-refractivity contribution < 1.29 is 23.1 Å². The number of piperazine rings is 1. The van der Waals surface area contributed by atoms with Gasteiger partial charge in [-0.25, -0.2) is 13.8 Å². The van der Waals surface area contributed by atoms with E-state index in [1.807, 2.05) is 30.3 Å². The summed E-state index contributed by atoms with van der Waals surface area (Å²) in [6.45, 7) is 6.12. The summed E-state index contributed by atoms with van der Waals surface area (Å²) in [5.41, 5.74) is 0.963. The average molecular weight is 533 g/mol. The van der Waals surface area contributed by atoms with E-state index in [1.165, 1.54) is 12.1 Å². The van der Waals surface area contributed by atoms with Gasteiger partial charge in [-0.15, -0.1) is 0 Å². The van der Waals surface area contributed by atoms with Gasteiger partial charge >= 0.3 is 0 Å².